The molecule has 0 bridgehead atoms. The molecule has 3 aromatic rings. The summed E-state index contributed by atoms with van der Waals surface area (Å²) in [7, 11) is 0. The lowest BCUT2D eigenvalue weighted by Gasteiger charge is -2.35. The van der Waals surface area contributed by atoms with E-state index in [0.717, 1.165) is 53.6 Å². The van der Waals surface area contributed by atoms with Gasteiger partial charge in [-0.2, -0.15) is 0 Å². The highest BCUT2D eigenvalue weighted by Gasteiger charge is 2.36. The van der Waals surface area contributed by atoms with Crippen LogP contribution < -0.4 is 20.0 Å². The molecule has 5 rings (SSSR count). The standard InChI is InChI=1S/C34H41Cl2N3O4/c1-4-38(20-22(2)21-40)15-5-17-42-26-10-6-24(7-11-26)33-32-28(29-19-30(36)23(3)18-31(29)37-32)14-16-39(33)34(41)43-27-12-8-25(35)9-13-27/h6-13,18-19,22-23,30,33,37,40H,4-5,14-17,20-21H2,1-3H3. The Morgan fingerprint density at radius 2 is 1.86 bits per heavy atom. The molecule has 1 amide bonds. The molecule has 2 N–H and O–H groups in total. The maximum Gasteiger partial charge on any atom is 0.416 e. The van der Waals surface area contributed by atoms with Crippen LogP contribution in [0.2, 0.25) is 5.02 Å². The largest absolute Gasteiger partial charge is 0.494 e. The summed E-state index contributed by atoms with van der Waals surface area (Å²) < 4.78 is 11.9. The Balaban J connectivity index is 1.36. The molecule has 43 heavy (non-hydrogen) atoms. The number of aromatic amines is 1. The molecule has 0 saturated heterocycles. The van der Waals surface area contributed by atoms with Gasteiger partial charge in [-0.15, -0.1) is 11.6 Å². The second kappa shape index (κ2) is 14.2. The van der Waals surface area contributed by atoms with E-state index in [0.29, 0.717) is 30.3 Å². The number of carbonyl (C=O) groups excluding carboxylic acids is 1. The molecule has 0 radical (unpaired) electrons. The molecule has 1 aromatic heterocycles. The van der Waals surface area contributed by atoms with E-state index < -0.39 is 6.09 Å². The van der Waals surface area contributed by atoms with Crippen LogP contribution in [0, 0.1) is 11.8 Å². The highest BCUT2D eigenvalue weighted by Crippen LogP contribution is 2.35. The first-order valence-corrected chi connectivity index (χ1v) is 16.0. The molecule has 1 aliphatic carbocycles. The molecular formula is C34H41Cl2N3O4. The van der Waals surface area contributed by atoms with Gasteiger partial charge in [-0.25, -0.2) is 4.79 Å². The van der Waals surface area contributed by atoms with Gasteiger partial charge in [0.25, 0.3) is 0 Å². The van der Waals surface area contributed by atoms with Crippen molar-refractivity contribution < 1.29 is 19.4 Å². The van der Waals surface area contributed by atoms with Crippen LogP contribution in [0.3, 0.4) is 0 Å². The molecule has 9 heteroatoms. The van der Waals surface area contributed by atoms with Gasteiger partial charge in [0.05, 0.1) is 12.0 Å². The second-order valence-corrected chi connectivity index (χ2v) is 12.5. The molecule has 2 heterocycles. The van der Waals surface area contributed by atoms with E-state index in [1.54, 1.807) is 29.2 Å². The number of hydrogen-bond acceptors (Lipinski definition) is 5. The Labute approximate surface area is 263 Å². The first-order valence-electron chi connectivity index (χ1n) is 15.2. The van der Waals surface area contributed by atoms with E-state index >= 15 is 0 Å². The van der Waals surface area contributed by atoms with Crippen LogP contribution in [0.1, 0.15) is 50.1 Å². The molecule has 4 unspecified atom stereocenters. The van der Waals surface area contributed by atoms with Crippen molar-refractivity contribution in [3.8, 4) is 11.5 Å². The fourth-order valence-electron chi connectivity index (χ4n) is 5.91. The van der Waals surface area contributed by atoms with Crippen molar-refractivity contribution in [1.82, 2.24) is 14.8 Å². The van der Waals surface area contributed by atoms with Gasteiger partial charge in [-0.05, 0) is 78.7 Å². The number of amides is 1. The van der Waals surface area contributed by atoms with Crippen molar-refractivity contribution in [3.05, 3.63) is 80.9 Å². The number of ether oxygens (including phenoxy) is 2. The summed E-state index contributed by atoms with van der Waals surface area (Å²) in [5, 5.41) is 12.1. The number of aliphatic hydroxyl groups excluding tert-OH is 1. The van der Waals surface area contributed by atoms with E-state index in [1.165, 1.54) is 5.56 Å². The van der Waals surface area contributed by atoms with Crippen molar-refractivity contribution in [2.45, 2.75) is 45.0 Å². The van der Waals surface area contributed by atoms with Gasteiger partial charge in [0.2, 0.25) is 0 Å². The number of benzene rings is 2. The van der Waals surface area contributed by atoms with E-state index in [-0.39, 0.29) is 29.9 Å². The molecule has 0 saturated carbocycles. The SMILES string of the molecule is CCN(CCCOc1ccc(C2c3[nH]c4c(c3CCN2C(=O)Oc2ccc(Cl)cc2)=CC(Cl)C(C)C=4)cc1)CC(C)CO. The molecule has 0 spiro atoms. The summed E-state index contributed by atoms with van der Waals surface area (Å²) in [6, 6.07) is 14.4. The Morgan fingerprint density at radius 3 is 2.56 bits per heavy atom. The Kier molecular flexibility index (Phi) is 10.4. The number of hydrogen-bond donors (Lipinski definition) is 2. The molecule has 230 valence electrons. The van der Waals surface area contributed by atoms with Crippen molar-refractivity contribution >= 4 is 41.4 Å². The summed E-state index contributed by atoms with van der Waals surface area (Å²) in [5.74, 6) is 1.70. The number of halogens is 2. The fourth-order valence-corrected chi connectivity index (χ4v) is 6.23. The van der Waals surface area contributed by atoms with Gasteiger partial charge < -0.3 is 24.5 Å². The molecule has 0 fully saturated rings. The Bertz CT molecular complexity index is 1510. The third kappa shape index (κ3) is 7.40. The normalized spacial score (nSPS) is 20.1. The maximum absolute atomic E-state index is 13.6. The topological polar surface area (TPSA) is 78.0 Å². The van der Waals surface area contributed by atoms with Crippen molar-refractivity contribution in [2.75, 3.05) is 39.4 Å². The molecule has 7 nitrogen and oxygen atoms in total. The number of aromatic nitrogens is 1. The summed E-state index contributed by atoms with van der Waals surface area (Å²) in [4.78, 5) is 21.3. The average Bonchev–Trinajstić information content (AvgIpc) is 3.36. The van der Waals surface area contributed by atoms with Crippen LogP contribution in [0.15, 0.2) is 48.5 Å². The minimum atomic E-state index is -0.418. The summed E-state index contributed by atoms with van der Waals surface area (Å²) in [6.07, 6.45) is 5.49. The van der Waals surface area contributed by atoms with Gasteiger partial charge in [-0.3, -0.25) is 4.90 Å². The van der Waals surface area contributed by atoms with Gasteiger partial charge in [-0.1, -0.05) is 56.7 Å². The minimum Gasteiger partial charge on any atom is -0.494 e. The predicted octanol–water partition coefficient (Wildman–Crippen LogP) is 5.35. The van der Waals surface area contributed by atoms with E-state index in [1.807, 2.05) is 24.3 Å². The van der Waals surface area contributed by atoms with E-state index in [9.17, 15) is 9.90 Å². The highest BCUT2D eigenvalue weighted by atomic mass is 35.5. The van der Waals surface area contributed by atoms with Gasteiger partial charge in [0.1, 0.15) is 17.5 Å². The van der Waals surface area contributed by atoms with Crippen LogP contribution in [0.25, 0.3) is 12.2 Å². The number of H-pyrrole nitrogens is 1. The quantitative estimate of drug-likeness (QED) is 0.222. The highest BCUT2D eigenvalue weighted by molar-refractivity contribution is 6.30. The zero-order valence-corrected chi connectivity index (χ0v) is 26.6. The molecule has 1 aliphatic heterocycles. The van der Waals surface area contributed by atoms with Crippen LogP contribution >= 0.6 is 23.2 Å². The third-order valence-corrected chi connectivity index (χ3v) is 9.10. The smallest absolute Gasteiger partial charge is 0.416 e. The number of carbonyl (C=O) groups is 1. The zero-order chi connectivity index (χ0) is 30.5. The molecule has 2 aromatic carbocycles. The molecular weight excluding hydrogens is 585 g/mol. The van der Waals surface area contributed by atoms with Gasteiger partial charge in [0, 0.05) is 47.5 Å². The van der Waals surface area contributed by atoms with Crippen molar-refractivity contribution in [2.24, 2.45) is 11.8 Å². The van der Waals surface area contributed by atoms with E-state index in [4.69, 9.17) is 32.7 Å². The lowest BCUT2D eigenvalue weighted by molar-refractivity contribution is 0.135. The summed E-state index contributed by atoms with van der Waals surface area (Å²) in [6.45, 7) is 10.4. The fraction of sp³-hybridized carbons (Fsp3) is 0.441. The summed E-state index contributed by atoms with van der Waals surface area (Å²) >= 11 is 12.7. The average molecular weight is 627 g/mol. The zero-order valence-electron chi connectivity index (χ0n) is 25.1. The predicted molar refractivity (Wildman–Crippen MR) is 172 cm³/mol. The lowest BCUT2D eigenvalue weighted by Crippen LogP contribution is -2.43. The number of nitrogens with one attached hydrogen (secondary N) is 1. The van der Waals surface area contributed by atoms with Crippen LogP contribution in [0.4, 0.5) is 4.79 Å². The number of alkyl halides is 1. The third-order valence-electron chi connectivity index (χ3n) is 8.32. The van der Waals surface area contributed by atoms with Crippen LogP contribution in [-0.4, -0.2) is 70.8 Å². The van der Waals surface area contributed by atoms with Gasteiger partial charge in [0.15, 0.2) is 0 Å². The lowest BCUT2D eigenvalue weighted by atomic mass is 9.92. The number of aliphatic hydroxyl groups is 1. The minimum absolute atomic E-state index is 0.0716. The maximum atomic E-state index is 13.6. The van der Waals surface area contributed by atoms with Gasteiger partial charge >= 0.3 is 6.09 Å². The summed E-state index contributed by atoms with van der Waals surface area (Å²) in [5.41, 5.74) is 3.14. The van der Waals surface area contributed by atoms with Crippen molar-refractivity contribution in [1.29, 1.82) is 0 Å². The monoisotopic (exact) mass is 625 g/mol. The van der Waals surface area contributed by atoms with Crippen LogP contribution in [-0.2, 0) is 6.42 Å². The molecule has 2 aliphatic rings. The number of rotatable bonds is 11. The first-order chi connectivity index (χ1) is 20.8. The number of fused-ring (bicyclic) bond motifs is 3. The Morgan fingerprint density at radius 1 is 1.14 bits per heavy atom. The second-order valence-electron chi connectivity index (χ2n) is 11.6. The van der Waals surface area contributed by atoms with Crippen molar-refractivity contribution in [3.63, 3.8) is 0 Å². The van der Waals surface area contributed by atoms with Crippen LogP contribution in [0.5, 0.6) is 11.5 Å². The number of nitrogens with zero attached hydrogens (tertiary/aromatic N) is 2. The first kappa shape index (κ1) is 31.5. The Hall–Kier alpha value is -2.97. The molecule has 4 atom stereocenters. The van der Waals surface area contributed by atoms with E-state index in [2.05, 4.69) is 42.8 Å².